The van der Waals surface area contributed by atoms with Gasteiger partial charge in [0.25, 0.3) is 0 Å². The molecule has 1 fully saturated rings. The summed E-state index contributed by atoms with van der Waals surface area (Å²) in [7, 11) is 1.62. The summed E-state index contributed by atoms with van der Waals surface area (Å²) in [5, 5.41) is 7.91. The molecular weight excluding hydrogens is 456 g/mol. The number of hydrogen-bond donors (Lipinski definition) is 1. The summed E-state index contributed by atoms with van der Waals surface area (Å²) in [6.45, 7) is 9.44. The standard InChI is InChI=1S/C28H36N4O4/c1-20-25(19-31(18-24-15-10-16-35-24)27(33)29-28(2,3)4)26(32(30-20)21-11-7-6-8-12-21)36-23-14-9-13-22(17-23)34-5/h6-9,11-14,17,24H,10,15-16,18-19H2,1-5H3,(H,29,33). The Morgan fingerprint density at radius 1 is 1.17 bits per heavy atom. The highest BCUT2D eigenvalue weighted by molar-refractivity contribution is 5.75. The zero-order chi connectivity index (χ0) is 25.7. The molecule has 4 rings (SSSR count). The van der Waals surface area contributed by atoms with Crippen molar-refractivity contribution in [1.82, 2.24) is 20.0 Å². The molecule has 0 bridgehead atoms. The van der Waals surface area contributed by atoms with E-state index in [1.54, 1.807) is 16.7 Å². The topological polar surface area (TPSA) is 77.8 Å². The molecule has 1 aliphatic heterocycles. The monoisotopic (exact) mass is 492 g/mol. The molecule has 0 radical (unpaired) electrons. The molecule has 8 heteroatoms. The van der Waals surface area contributed by atoms with Gasteiger partial charge in [-0.1, -0.05) is 24.3 Å². The number of nitrogens with zero attached hydrogens (tertiary/aromatic N) is 3. The minimum Gasteiger partial charge on any atom is -0.497 e. The number of hydrogen-bond acceptors (Lipinski definition) is 5. The number of ether oxygens (including phenoxy) is 3. The van der Waals surface area contributed by atoms with Crippen LogP contribution >= 0.6 is 0 Å². The Labute approximate surface area is 213 Å². The molecule has 192 valence electrons. The second-order valence-corrected chi connectivity index (χ2v) is 10.1. The van der Waals surface area contributed by atoms with E-state index in [1.165, 1.54) is 0 Å². The van der Waals surface area contributed by atoms with Gasteiger partial charge in [-0.25, -0.2) is 9.48 Å². The Bertz CT molecular complexity index is 1160. The number of amides is 2. The van der Waals surface area contributed by atoms with E-state index in [-0.39, 0.29) is 17.7 Å². The summed E-state index contributed by atoms with van der Waals surface area (Å²) in [6, 6.07) is 17.2. The molecule has 3 aromatic rings. The number of benzene rings is 2. The van der Waals surface area contributed by atoms with Crippen LogP contribution in [0.3, 0.4) is 0 Å². The van der Waals surface area contributed by atoms with Crippen molar-refractivity contribution in [2.75, 3.05) is 20.3 Å². The van der Waals surface area contributed by atoms with Gasteiger partial charge in [-0.15, -0.1) is 0 Å². The summed E-state index contributed by atoms with van der Waals surface area (Å²) in [5.74, 6) is 1.88. The summed E-state index contributed by atoms with van der Waals surface area (Å²) < 4.78 is 19.5. The maximum Gasteiger partial charge on any atom is 0.318 e. The number of carbonyl (C=O) groups excluding carboxylic acids is 1. The number of methoxy groups -OCH3 is 1. The quantitative estimate of drug-likeness (QED) is 0.451. The minimum absolute atomic E-state index is 0.0166. The maximum atomic E-state index is 13.4. The van der Waals surface area contributed by atoms with E-state index in [4.69, 9.17) is 19.3 Å². The van der Waals surface area contributed by atoms with Gasteiger partial charge in [0.05, 0.1) is 36.7 Å². The van der Waals surface area contributed by atoms with Gasteiger partial charge in [0.15, 0.2) is 0 Å². The zero-order valence-electron chi connectivity index (χ0n) is 21.8. The van der Waals surface area contributed by atoms with Crippen LogP contribution in [0.1, 0.15) is 44.9 Å². The molecule has 1 aliphatic rings. The highest BCUT2D eigenvalue weighted by atomic mass is 16.5. The molecule has 1 unspecified atom stereocenters. The number of aryl methyl sites for hydroxylation is 1. The Morgan fingerprint density at radius 2 is 1.92 bits per heavy atom. The molecule has 1 N–H and O–H groups in total. The van der Waals surface area contributed by atoms with Gasteiger partial charge in [-0.3, -0.25) is 0 Å². The Kier molecular flexibility index (Phi) is 7.84. The minimum atomic E-state index is -0.366. The average molecular weight is 493 g/mol. The van der Waals surface area contributed by atoms with E-state index in [9.17, 15) is 4.79 Å². The number of aromatic nitrogens is 2. The van der Waals surface area contributed by atoms with Crippen molar-refractivity contribution < 1.29 is 19.0 Å². The molecule has 0 spiro atoms. The van der Waals surface area contributed by atoms with Crippen molar-refractivity contribution in [3.8, 4) is 23.1 Å². The lowest BCUT2D eigenvalue weighted by Crippen LogP contribution is -2.50. The second kappa shape index (κ2) is 11.0. The van der Waals surface area contributed by atoms with Gasteiger partial charge < -0.3 is 24.4 Å². The lowest BCUT2D eigenvalue weighted by Gasteiger charge is -2.30. The van der Waals surface area contributed by atoms with E-state index < -0.39 is 0 Å². The number of rotatable bonds is 8. The van der Waals surface area contributed by atoms with Crippen LogP contribution in [-0.2, 0) is 11.3 Å². The van der Waals surface area contributed by atoms with Crippen LogP contribution in [0.4, 0.5) is 4.79 Å². The molecule has 36 heavy (non-hydrogen) atoms. The van der Waals surface area contributed by atoms with Gasteiger partial charge in [-0.2, -0.15) is 5.10 Å². The fourth-order valence-corrected chi connectivity index (χ4v) is 4.19. The third-order valence-electron chi connectivity index (χ3n) is 5.96. The highest BCUT2D eigenvalue weighted by Crippen LogP contribution is 2.33. The van der Waals surface area contributed by atoms with Crippen LogP contribution in [0.15, 0.2) is 54.6 Å². The first kappa shape index (κ1) is 25.6. The molecule has 2 amide bonds. The predicted molar refractivity (Wildman–Crippen MR) is 139 cm³/mol. The summed E-state index contributed by atoms with van der Waals surface area (Å²) in [6.07, 6.45) is 1.96. The molecule has 2 aromatic carbocycles. The van der Waals surface area contributed by atoms with Crippen molar-refractivity contribution in [2.24, 2.45) is 0 Å². The normalized spacial score (nSPS) is 15.5. The van der Waals surface area contributed by atoms with Crippen LogP contribution in [-0.4, -0.2) is 52.6 Å². The van der Waals surface area contributed by atoms with Gasteiger partial charge >= 0.3 is 6.03 Å². The van der Waals surface area contributed by atoms with Gasteiger partial charge in [0, 0.05) is 24.8 Å². The smallest absolute Gasteiger partial charge is 0.318 e. The molecular formula is C28H36N4O4. The Balaban J connectivity index is 1.73. The van der Waals surface area contributed by atoms with E-state index in [0.29, 0.717) is 30.5 Å². The predicted octanol–water partition coefficient (Wildman–Crippen LogP) is 5.47. The van der Waals surface area contributed by atoms with Gasteiger partial charge in [0.1, 0.15) is 11.5 Å². The third-order valence-corrected chi connectivity index (χ3v) is 5.96. The second-order valence-electron chi connectivity index (χ2n) is 10.1. The van der Waals surface area contributed by atoms with E-state index in [1.807, 2.05) is 82.3 Å². The molecule has 1 aromatic heterocycles. The van der Waals surface area contributed by atoms with E-state index >= 15 is 0 Å². The number of carbonyl (C=O) groups is 1. The van der Waals surface area contributed by atoms with E-state index in [0.717, 1.165) is 36.4 Å². The first-order valence-corrected chi connectivity index (χ1v) is 12.4. The van der Waals surface area contributed by atoms with Crippen molar-refractivity contribution in [1.29, 1.82) is 0 Å². The van der Waals surface area contributed by atoms with Gasteiger partial charge in [-0.05, 0) is 64.8 Å². The fourth-order valence-electron chi connectivity index (χ4n) is 4.19. The number of para-hydroxylation sites is 1. The summed E-state index contributed by atoms with van der Waals surface area (Å²) in [5.41, 5.74) is 2.13. The molecule has 1 saturated heterocycles. The van der Waals surface area contributed by atoms with Crippen LogP contribution in [0.5, 0.6) is 17.4 Å². The van der Waals surface area contributed by atoms with Crippen LogP contribution in [0.25, 0.3) is 5.69 Å². The van der Waals surface area contributed by atoms with Crippen molar-refractivity contribution >= 4 is 6.03 Å². The Hall–Kier alpha value is -3.52. The molecule has 0 aliphatic carbocycles. The lowest BCUT2D eigenvalue weighted by molar-refractivity contribution is 0.0779. The third kappa shape index (κ3) is 6.37. The first-order valence-electron chi connectivity index (χ1n) is 12.4. The maximum absolute atomic E-state index is 13.4. The largest absolute Gasteiger partial charge is 0.497 e. The van der Waals surface area contributed by atoms with E-state index in [2.05, 4.69) is 5.32 Å². The first-order chi connectivity index (χ1) is 17.2. The van der Waals surface area contributed by atoms with Crippen LogP contribution < -0.4 is 14.8 Å². The van der Waals surface area contributed by atoms with Crippen molar-refractivity contribution in [2.45, 2.75) is 58.7 Å². The molecule has 1 atom stereocenters. The Morgan fingerprint density at radius 3 is 2.58 bits per heavy atom. The van der Waals surface area contributed by atoms with Crippen molar-refractivity contribution in [3.63, 3.8) is 0 Å². The lowest BCUT2D eigenvalue weighted by atomic mass is 10.1. The zero-order valence-corrected chi connectivity index (χ0v) is 21.8. The summed E-state index contributed by atoms with van der Waals surface area (Å²) in [4.78, 5) is 15.2. The fraction of sp³-hybridized carbons (Fsp3) is 0.429. The molecule has 0 saturated carbocycles. The van der Waals surface area contributed by atoms with Crippen LogP contribution in [0.2, 0.25) is 0 Å². The molecule has 8 nitrogen and oxygen atoms in total. The van der Waals surface area contributed by atoms with Gasteiger partial charge in [0.2, 0.25) is 5.88 Å². The SMILES string of the molecule is COc1cccc(Oc2c(CN(CC3CCCO3)C(=O)NC(C)(C)C)c(C)nn2-c2ccccc2)c1. The summed E-state index contributed by atoms with van der Waals surface area (Å²) >= 11 is 0. The van der Waals surface area contributed by atoms with Crippen LogP contribution in [0, 0.1) is 6.92 Å². The average Bonchev–Trinajstić information content (AvgIpc) is 3.47. The number of nitrogens with one attached hydrogen (secondary N) is 1. The highest BCUT2D eigenvalue weighted by Gasteiger charge is 2.28. The molecule has 2 heterocycles. The van der Waals surface area contributed by atoms with Crippen molar-refractivity contribution in [3.05, 3.63) is 65.9 Å². The number of urea groups is 1.